The standard InChI is InChI=1S/C11H16N8O3S/c1-3-18-9(14-15-11(18)23-6-10(20)13-12)5-17-4-8(19(21)22)7(2)16-17/h4H,3,5-6,12H2,1-2H3,(H,13,20). The molecule has 2 heterocycles. The monoisotopic (exact) mass is 340 g/mol. The minimum absolute atomic E-state index is 0.0400. The Morgan fingerprint density at radius 3 is 2.83 bits per heavy atom. The molecule has 2 aromatic rings. The molecular formula is C11H16N8O3S. The maximum Gasteiger partial charge on any atom is 0.309 e. The number of aromatic nitrogens is 5. The highest BCUT2D eigenvalue weighted by Crippen LogP contribution is 2.19. The number of amides is 1. The number of hydrogen-bond acceptors (Lipinski definition) is 8. The van der Waals surface area contributed by atoms with Crippen LogP contribution in [-0.2, 0) is 17.9 Å². The molecule has 0 atom stereocenters. The molecular weight excluding hydrogens is 324 g/mol. The first-order valence-corrected chi connectivity index (χ1v) is 7.67. The Morgan fingerprint density at radius 2 is 2.26 bits per heavy atom. The van der Waals surface area contributed by atoms with Crippen molar-refractivity contribution in [2.45, 2.75) is 32.1 Å². The van der Waals surface area contributed by atoms with Crippen LogP contribution in [0.15, 0.2) is 11.4 Å². The van der Waals surface area contributed by atoms with Crippen LogP contribution in [0.3, 0.4) is 0 Å². The van der Waals surface area contributed by atoms with Gasteiger partial charge >= 0.3 is 5.69 Å². The summed E-state index contributed by atoms with van der Waals surface area (Å²) < 4.78 is 3.27. The molecule has 0 bridgehead atoms. The maximum atomic E-state index is 11.2. The summed E-state index contributed by atoms with van der Waals surface area (Å²) >= 11 is 1.21. The zero-order valence-corrected chi connectivity index (χ0v) is 13.4. The number of aryl methyl sites for hydroxylation is 1. The first-order chi connectivity index (χ1) is 11.0. The average Bonchev–Trinajstić information content (AvgIpc) is 3.08. The molecule has 0 saturated heterocycles. The lowest BCUT2D eigenvalue weighted by Gasteiger charge is -2.06. The van der Waals surface area contributed by atoms with Crippen molar-refractivity contribution in [3.05, 3.63) is 27.8 Å². The number of nitrogens with zero attached hydrogens (tertiary/aromatic N) is 6. The van der Waals surface area contributed by atoms with Crippen molar-refractivity contribution in [3.63, 3.8) is 0 Å². The number of nitro groups is 1. The molecule has 0 aromatic carbocycles. The van der Waals surface area contributed by atoms with Gasteiger partial charge in [-0.3, -0.25) is 25.0 Å². The summed E-state index contributed by atoms with van der Waals surface area (Å²) in [6.07, 6.45) is 1.36. The third-order valence-electron chi connectivity index (χ3n) is 3.02. The summed E-state index contributed by atoms with van der Waals surface area (Å²) in [7, 11) is 0. The van der Waals surface area contributed by atoms with Gasteiger partial charge in [0.25, 0.3) is 0 Å². The van der Waals surface area contributed by atoms with Crippen LogP contribution < -0.4 is 11.3 Å². The van der Waals surface area contributed by atoms with Crippen LogP contribution in [-0.4, -0.2) is 41.1 Å². The van der Waals surface area contributed by atoms with Crippen LogP contribution in [0, 0.1) is 17.0 Å². The zero-order chi connectivity index (χ0) is 17.0. The van der Waals surface area contributed by atoms with E-state index in [1.54, 1.807) is 6.92 Å². The molecule has 0 spiro atoms. The van der Waals surface area contributed by atoms with E-state index in [2.05, 4.69) is 15.3 Å². The van der Waals surface area contributed by atoms with E-state index in [1.165, 1.54) is 22.6 Å². The van der Waals surface area contributed by atoms with Crippen LogP contribution in [0.2, 0.25) is 0 Å². The highest BCUT2D eigenvalue weighted by molar-refractivity contribution is 7.99. The third-order valence-corrected chi connectivity index (χ3v) is 3.99. The molecule has 12 heteroatoms. The van der Waals surface area contributed by atoms with Crippen molar-refractivity contribution in [3.8, 4) is 0 Å². The summed E-state index contributed by atoms with van der Waals surface area (Å²) in [6, 6.07) is 0. The first kappa shape index (κ1) is 16.9. The van der Waals surface area contributed by atoms with Gasteiger partial charge in [-0.15, -0.1) is 10.2 Å². The molecule has 0 saturated carbocycles. The van der Waals surface area contributed by atoms with E-state index in [-0.39, 0.29) is 23.9 Å². The van der Waals surface area contributed by atoms with Gasteiger partial charge in [0.05, 0.1) is 10.7 Å². The fourth-order valence-electron chi connectivity index (χ4n) is 1.94. The summed E-state index contributed by atoms with van der Waals surface area (Å²) in [5, 5.41) is 23.6. The Bertz CT molecular complexity index is 725. The highest BCUT2D eigenvalue weighted by atomic mass is 32.2. The lowest BCUT2D eigenvalue weighted by molar-refractivity contribution is -0.385. The SMILES string of the molecule is CCn1c(Cn2cc([N+](=O)[O-])c(C)n2)nnc1SCC(=O)NN. The average molecular weight is 340 g/mol. The van der Waals surface area contributed by atoms with Gasteiger partial charge in [0.2, 0.25) is 5.91 Å². The normalized spacial score (nSPS) is 10.7. The quantitative estimate of drug-likeness (QED) is 0.232. The van der Waals surface area contributed by atoms with Gasteiger partial charge in [-0.25, -0.2) is 5.84 Å². The molecule has 124 valence electrons. The molecule has 1 amide bonds. The van der Waals surface area contributed by atoms with Crippen LogP contribution in [0.25, 0.3) is 0 Å². The van der Waals surface area contributed by atoms with Crippen molar-refractivity contribution >= 4 is 23.4 Å². The Hall–Kier alpha value is -2.47. The number of nitrogens with two attached hydrogens (primary N) is 1. The van der Waals surface area contributed by atoms with Gasteiger partial charge in [-0.05, 0) is 13.8 Å². The largest absolute Gasteiger partial charge is 0.309 e. The predicted octanol–water partition coefficient (Wildman–Crippen LogP) is -0.159. The molecule has 0 aliphatic rings. The number of thioether (sulfide) groups is 1. The van der Waals surface area contributed by atoms with Crippen molar-refractivity contribution in [2.24, 2.45) is 5.84 Å². The van der Waals surface area contributed by atoms with Gasteiger partial charge in [0.1, 0.15) is 18.4 Å². The van der Waals surface area contributed by atoms with E-state index < -0.39 is 4.92 Å². The second kappa shape index (κ2) is 7.19. The van der Waals surface area contributed by atoms with E-state index in [0.717, 1.165) is 0 Å². The first-order valence-electron chi connectivity index (χ1n) is 6.69. The summed E-state index contributed by atoms with van der Waals surface area (Å²) in [5.74, 6) is 5.44. The molecule has 0 aliphatic carbocycles. The Kier molecular flexibility index (Phi) is 5.28. The van der Waals surface area contributed by atoms with E-state index in [4.69, 9.17) is 5.84 Å². The summed E-state index contributed by atoms with van der Waals surface area (Å²) in [4.78, 5) is 21.6. The Balaban J connectivity index is 2.17. The Morgan fingerprint density at radius 1 is 1.52 bits per heavy atom. The second-order valence-corrected chi connectivity index (χ2v) is 5.50. The zero-order valence-electron chi connectivity index (χ0n) is 12.6. The van der Waals surface area contributed by atoms with E-state index in [9.17, 15) is 14.9 Å². The van der Waals surface area contributed by atoms with Gasteiger partial charge in [0.15, 0.2) is 11.0 Å². The number of rotatable bonds is 7. The lowest BCUT2D eigenvalue weighted by Crippen LogP contribution is -2.31. The fourth-order valence-corrected chi connectivity index (χ4v) is 2.78. The van der Waals surface area contributed by atoms with Crippen molar-refractivity contribution < 1.29 is 9.72 Å². The van der Waals surface area contributed by atoms with Crippen molar-refractivity contribution in [1.82, 2.24) is 30.0 Å². The van der Waals surface area contributed by atoms with Crippen LogP contribution >= 0.6 is 11.8 Å². The molecule has 23 heavy (non-hydrogen) atoms. The van der Waals surface area contributed by atoms with E-state index >= 15 is 0 Å². The lowest BCUT2D eigenvalue weighted by atomic mass is 10.4. The van der Waals surface area contributed by atoms with Gasteiger partial charge in [-0.2, -0.15) is 5.10 Å². The van der Waals surface area contributed by atoms with E-state index in [0.29, 0.717) is 23.2 Å². The number of hydrogen-bond donors (Lipinski definition) is 2. The molecule has 11 nitrogen and oxygen atoms in total. The summed E-state index contributed by atoms with van der Waals surface area (Å²) in [5.41, 5.74) is 2.34. The maximum absolute atomic E-state index is 11.2. The molecule has 2 rings (SSSR count). The number of nitrogens with one attached hydrogen (secondary N) is 1. The van der Waals surface area contributed by atoms with E-state index in [1.807, 2.05) is 16.9 Å². The highest BCUT2D eigenvalue weighted by Gasteiger charge is 2.18. The van der Waals surface area contributed by atoms with Gasteiger partial charge < -0.3 is 4.57 Å². The molecule has 3 N–H and O–H groups in total. The van der Waals surface area contributed by atoms with Gasteiger partial charge in [-0.1, -0.05) is 11.8 Å². The molecule has 2 aromatic heterocycles. The van der Waals surface area contributed by atoms with Crippen molar-refractivity contribution in [1.29, 1.82) is 0 Å². The fraction of sp³-hybridized carbons (Fsp3) is 0.455. The third kappa shape index (κ3) is 3.84. The smallest absolute Gasteiger partial charge is 0.305 e. The predicted molar refractivity (Wildman–Crippen MR) is 81.5 cm³/mol. The van der Waals surface area contributed by atoms with Gasteiger partial charge in [0, 0.05) is 6.54 Å². The number of carbonyl (C=O) groups excluding carboxylic acids is 1. The second-order valence-electron chi connectivity index (χ2n) is 4.55. The number of carbonyl (C=O) groups is 1. The van der Waals surface area contributed by atoms with Crippen molar-refractivity contribution in [2.75, 3.05) is 5.75 Å². The topological polar surface area (TPSA) is 147 Å². The number of hydrazine groups is 1. The van der Waals surface area contributed by atoms with Crippen LogP contribution in [0.1, 0.15) is 18.4 Å². The molecule has 0 radical (unpaired) electrons. The summed E-state index contributed by atoms with van der Waals surface area (Å²) in [6.45, 7) is 4.33. The minimum atomic E-state index is -0.476. The van der Waals surface area contributed by atoms with Crippen LogP contribution in [0.5, 0.6) is 0 Å². The molecule has 0 fully saturated rings. The molecule has 0 aliphatic heterocycles. The Labute approximate surface area is 135 Å². The molecule has 0 unspecified atom stereocenters. The van der Waals surface area contributed by atoms with Crippen LogP contribution in [0.4, 0.5) is 5.69 Å². The minimum Gasteiger partial charge on any atom is -0.305 e.